The molecule has 0 spiro atoms. The van der Waals surface area contributed by atoms with Gasteiger partial charge in [-0.1, -0.05) is 148 Å². The summed E-state index contributed by atoms with van der Waals surface area (Å²) in [4.78, 5) is 13.4. The van der Waals surface area contributed by atoms with Crippen molar-refractivity contribution in [2.24, 2.45) is 4.99 Å². The predicted octanol–water partition coefficient (Wildman–Crippen LogP) is 13.4. The van der Waals surface area contributed by atoms with E-state index in [-0.39, 0.29) is 32.4 Å². The molecular formula is C56H52N4OPt. The van der Waals surface area contributed by atoms with Crippen LogP contribution < -0.4 is 9.64 Å². The fraction of sp³-hybridized carbons (Fsp3) is 0.250. The van der Waals surface area contributed by atoms with Gasteiger partial charge in [0, 0.05) is 45.8 Å². The fourth-order valence-corrected chi connectivity index (χ4v) is 10.5. The van der Waals surface area contributed by atoms with Crippen LogP contribution in [-0.2, 0) is 26.5 Å². The van der Waals surface area contributed by atoms with E-state index in [4.69, 9.17) is 14.7 Å². The van der Waals surface area contributed by atoms with Crippen molar-refractivity contribution in [3.05, 3.63) is 195 Å². The molecular weight excluding hydrogens is 940 g/mol. The molecule has 0 saturated carbocycles. The van der Waals surface area contributed by atoms with Gasteiger partial charge in [-0.05, 0) is 80.8 Å². The van der Waals surface area contributed by atoms with Gasteiger partial charge in [-0.25, -0.2) is 4.98 Å². The first-order chi connectivity index (χ1) is 29.2. The minimum absolute atomic E-state index is 0. The Kier molecular flexibility index (Phi) is 10.0. The zero-order valence-corrected chi connectivity index (χ0v) is 39.5. The summed E-state index contributed by atoms with van der Waals surface area (Å²) in [7, 11) is 0. The monoisotopic (exact) mass is 991 g/mol. The Labute approximate surface area is 380 Å². The van der Waals surface area contributed by atoms with Crippen LogP contribution in [0.5, 0.6) is 11.5 Å². The van der Waals surface area contributed by atoms with E-state index in [9.17, 15) is 0 Å². The molecule has 0 amide bonds. The van der Waals surface area contributed by atoms with Crippen molar-refractivity contribution in [2.45, 2.75) is 91.6 Å². The van der Waals surface area contributed by atoms with Gasteiger partial charge in [0.25, 0.3) is 0 Å². The average molecular weight is 992 g/mol. The fourth-order valence-electron chi connectivity index (χ4n) is 10.5. The summed E-state index contributed by atoms with van der Waals surface area (Å²) >= 11 is 0. The van der Waals surface area contributed by atoms with Crippen LogP contribution in [0, 0.1) is 46.8 Å². The molecule has 10 rings (SSSR count). The largest absolute Gasteiger partial charge is 2.00 e. The van der Waals surface area contributed by atoms with Crippen LogP contribution in [0.4, 0.5) is 5.69 Å². The average Bonchev–Trinajstić information content (AvgIpc) is 3.64. The molecule has 0 radical (unpaired) electrons. The number of anilines is 1. The Bertz CT molecular complexity index is 3030. The standard InChI is InChI=1S/C56H52N4O.Pt/c1-34-27-41(52-58-56(10,55(8,9)60(52)50-36(3)19-17-20-37(50)4)49(39-21-13-11-14-22-39)40-23-15-12-16-24-40)32-42(28-34)61-48-33-47-43(31-38(48)5)44-29-35(2)30-46-51(44)59(47)53-45(54(46,6)7)25-18-26-57-53;/h11-31,49H,1-10H3;/q-2;+2/t56-;/m1./s1. The van der Waals surface area contributed by atoms with E-state index in [0.29, 0.717) is 11.5 Å². The summed E-state index contributed by atoms with van der Waals surface area (Å²) in [5.74, 6) is 3.07. The van der Waals surface area contributed by atoms with Crippen LogP contribution in [0.1, 0.15) is 96.2 Å². The third-order valence-electron chi connectivity index (χ3n) is 13.8. The summed E-state index contributed by atoms with van der Waals surface area (Å²) in [5, 5.41) is 2.36. The van der Waals surface area contributed by atoms with Crippen LogP contribution in [0.25, 0.3) is 27.6 Å². The molecule has 0 N–H and O–H groups in total. The molecule has 1 atom stereocenters. The van der Waals surface area contributed by atoms with Gasteiger partial charge in [0.05, 0.1) is 16.9 Å². The minimum Gasteiger partial charge on any atom is -0.503 e. The van der Waals surface area contributed by atoms with Crippen molar-refractivity contribution in [1.82, 2.24) is 9.55 Å². The van der Waals surface area contributed by atoms with E-state index in [1.807, 2.05) is 12.3 Å². The van der Waals surface area contributed by atoms with E-state index in [2.05, 4.69) is 206 Å². The Hall–Kier alpha value is -5.77. The van der Waals surface area contributed by atoms with Gasteiger partial charge >= 0.3 is 21.1 Å². The maximum Gasteiger partial charge on any atom is 2.00 e. The van der Waals surface area contributed by atoms with E-state index < -0.39 is 11.1 Å². The molecule has 4 heterocycles. The Balaban J connectivity index is 0.00000490. The summed E-state index contributed by atoms with van der Waals surface area (Å²) in [6, 6.07) is 51.2. The van der Waals surface area contributed by atoms with Crippen LogP contribution in [-0.4, -0.2) is 26.5 Å². The maximum absolute atomic E-state index is 6.95. The van der Waals surface area contributed by atoms with E-state index in [1.165, 1.54) is 55.5 Å². The second kappa shape index (κ2) is 15.0. The summed E-state index contributed by atoms with van der Waals surface area (Å²) < 4.78 is 9.25. The number of fused-ring (bicyclic) bond motifs is 5. The SMILES string of the molecule is Cc1cc(Oc2[c-]c3c(cc2C)c2cc(C)cc4c2n3-c2ncccc2C4(C)C)[c-]c(C2=N[C@](C)(C(c3ccccc3)c3ccccc3)C(C)(C)N2c2c(C)cccc2C)c1.[Pt+2]. The quantitative estimate of drug-likeness (QED) is 0.149. The molecule has 312 valence electrons. The zero-order valence-electron chi connectivity index (χ0n) is 37.2. The van der Waals surface area contributed by atoms with Crippen molar-refractivity contribution >= 4 is 33.3 Å². The van der Waals surface area contributed by atoms with Gasteiger partial charge in [0.2, 0.25) is 0 Å². The van der Waals surface area contributed by atoms with Gasteiger partial charge < -0.3 is 19.2 Å². The first-order valence-corrected chi connectivity index (χ1v) is 21.5. The Morgan fingerprint density at radius 3 is 1.94 bits per heavy atom. The summed E-state index contributed by atoms with van der Waals surface area (Å²) in [6.07, 6.45) is 1.89. The smallest absolute Gasteiger partial charge is 0.503 e. The molecule has 6 aromatic carbocycles. The van der Waals surface area contributed by atoms with Gasteiger partial charge in [0.15, 0.2) is 0 Å². The third-order valence-corrected chi connectivity index (χ3v) is 13.8. The van der Waals surface area contributed by atoms with Crippen LogP contribution in [0.15, 0.2) is 133 Å². The van der Waals surface area contributed by atoms with Crippen molar-refractivity contribution < 1.29 is 25.8 Å². The number of aromatic nitrogens is 2. The van der Waals surface area contributed by atoms with Crippen LogP contribution in [0.3, 0.4) is 0 Å². The van der Waals surface area contributed by atoms with Crippen LogP contribution in [0.2, 0.25) is 0 Å². The minimum atomic E-state index is -0.609. The number of aryl methyl sites for hydroxylation is 5. The normalized spacial score (nSPS) is 17.3. The van der Waals surface area contributed by atoms with Gasteiger partial charge in [-0.3, -0.25) is 0 Å². The molecule has 62 heavy (non-hydrogen) atoms. The topological polar surface area (TPSA) is 42.6 Å². The molecule has 2 aliphatic heterocycles. The molecule has 6 heteroatoms. The van der Waals surface area contributed by atoms with E-state index in [0.717, 1.165) is 39.2 Å². The molecule has 0 saturated heterocycles. The second-order valence-electron chi connectivity index (χ2n) is 18.6. The number of hydrogen-bond acceptors (Lipinski definition) is 4. The molecule has 2 aromatic heterocycles. The van der Waals surface area contributed by atoms with Gasteiger partial charge in [-0.15, -0.1) is 34.2 Å². The molecule has 0 unspecified atom stereocenters. The maximum atomic E-state index is 6.95. The first kappa shape index (κ1) is 41.6. The number of ether oxygens (including phenoxy) is 1. The number of nitrogens with zero attached hydrogens (tertiary/aromatic N) is 4. The van der Waals surface area contributed by atoms with Crippen molar-refractivity contribution in [3.63, 3.8) is 0 Å². The van der Waals surface area contributed by atoms with Gasteiger partial charge in [0.1, 0.15) is 5.82 Å². The number of benzene rings is 6. The third kappa shape index (κ3) is 6.22. The first-order valence-electron chi connectivity index (χ1n) is 21.5. The predicted molar refractivity (Wildman–Crippen MR) is 251 cm³/mol. The number of para-hydroxylation sites is 1. The van der Waals surface area contributed by atoms with E-state index >= 15 is 0 Å². The number of pyridine rings is 1. The van der Waals surface area contributed by atoms with E-state index in [1.54, 1.807) is 0 Å². The number of aliphatic imine (C=N–C) groups is 1. The molecule has 0 fully saturated rings. The second-order valence-corrected chi connectivity index (χ2v) is 18.6. The van der Waals surface area contributed by atoms with Crippen LogP contribution >= 0.6 is 0 Å². The molecule has 2 aliphatic rings. The summed E-state index contributed by atoms with van der Waals surface area (Å²) in [5.41, 5.74) is 13.6. The number of amidine groups is 1. The van der Waals surface area contributed by atoms with Crippen molar-refractivity contribution in [1.29, 1.82) is 0 Å². The zero-order chi connectivity index (χ0) is 42.6. The van der Waals surface area contributed by atoms with Crippen molar-refractivity contribution in [3.8, 4) is 17.3 Å². The molecule has 0 bridgehead atoms. The van der Waals surface area contributed by atoms with Gasteiger partial charge in [-0.2, -0.15) is 6.07 Å². The summed E-state index contributed by atoms with van der Waals surface area (Å²) in [6.45, 7) is 22.5. The van der Waals surface area contributed by atoms with Crippen molar-refractivity contribution in [2.75, 3.05) is 4.90 Å². The Morgan fingerprint density at radius 1 is 0.629 bits per heavy atom. The number of hydrogen-bond donors (Lipinski definition) is 0. The molecule has 5 nitrogen and oxygen atoms in total. The number of rotatable bonds is 7. The molecule has 8 aromatic rings. The Morgan fingerprint density at radius 2 is 1.27 bits per heavy atom. The molecule has 0 aliphatic carbocycles.